The molecule has 2 N–H and O–H groups in total. The number of nitrogens with zero attached hydrogens (tertiary/aromatic N) is 1. The van der Waals surface area contributed by atoms with Gasteiger partial charge >= 0.3 is 6.03 Å². The number of amides is 3. The third kappa shape index (κ3) is 1.86. The number of nitrogens with one attached hydrogen (secondary N) is 2. The van der Waals surface area contributed by atoms with Crippen LogP contribution in [0.1, 0.15) is 11.5 Å². The summed E-state index contributed by atoms with van der Waals surface area (Å²) in [5.41, 5.74) is 2.60. The summed E-state index contributed by atoms with van der Waals surface area (Å²) < 4.78 is 0. The molecule has 0 radical (unpaired) electrons. The molecule has 3 amide bonds. The highest BCUT2D eigenvalue weighted by molar-refractivity contribution is 6.06. The van der Waals surface area contributed by atoms with Crippen LogP contribution in [0.15, 0.2) is 54.6 Å². The molecule has 2 unspecified atom stereocenters. The van der Waals surface area contributed by atoms with Crippen molar-refractivity contribution < 1.29 is 9.59 Å². The van der Waals surface area contributed by atoms with Crippen molar-refractivity contribution in [2.75, 3.05) is 16.8 Å². The zero-order valence-electron chi connectivity index (χ0n) is 11.8. The van der Waals surface area contributed by atoms with E-state index in [2.05, 4.69) is 10.6 Å². The summed E-state index contributed by atoms with van der Waals surface area (Å²) in [5.74, 6) is -0.404. The summed E-state index contributed by atoms with van der Waals surface area (Å²) in [6.07, 6.45) is 0. The lowest BCUT2D eigenvalue weighted by Crippen LogP contribution is -2.40. The van der Waals surface area contributed by atoms with E-state index in [4.69, 9.17) is 0 Å². The maximum Gasteiger partial charge on any atom is 0.322 e. The monoisotopic (exact) mass is 293 g/mol. The number of carbonyl (C=O) groups is 2. The van der Waals surface area contributed by atoms with Gasteiger partial charge in [0.25, 0.3) is 0 Å². The highest BCUT2D eigenvalue weighted by Gasteiger charge is 2.44. The van der Waals surface area contributed by atoms with Gasteiger partial charge in [0.05, 0.1) is 12.0 Å². The maximum atomic E-state index is 12.4. The number of hydrogen-bond donors (Lipinski definition) is 2. The molecule has 2 aromatic carbocycles. The van der Waals surface area contributed by atoms with Crippen molar-refractivity contribution in [2.45, 2.75) is 12.0 Å². The molecule has 5 nitrogen and oxygen atoms in total. The molecule has 0 bridgehead atoms. The second kappa shape index (κ2) is 4.87. The number of hydrogen-bond acceptors (Lipinski definition) is 2. The largest absolute Gasteiger partial charge is 0.336 e. The number of carbonyl (C=O) groups excluding carboxylic acids is 2. The first kappa shape index (κ1) is 12.9. The van der Waals surface area contributed by atoms with Crippen molar-refractivity contribution in [1.82, 2.24) is 5.32 Å². The number of para-hydroxylation sites is 2. The van der Waals surface area contributed by atoms with Gasteiger partial charge in [0.2, 0.25) is 5.91 Å². The molecule has 110 valence electrons. The van der Waals surface area contributed by atoms with Crippen molar-refractivity contribution in [3.63, 3.8) is 0 Å². The lowest BCUT2D eigenvalue weighted by Gasteiger charge is -2.27. The number of anilines is 2. The van der Waals surface area contributed by atoms with Gasteiger partial charge in [-0.3, -0.25) is 9.69 Å². The summed E-state index contributed by atoms with van der Waals surface area (Å²) in [5, 5.41) is 5.76. The van der Waals surface area contributed by atoms with Gasteiger partial charge in [-0.05, 0) is 23.8 Å². The standard InChI is InChI=1S/C17H15N3O2/c21-16-15(12-8-4-5-9-13(12)19-16)14-10-18-17(22)20(14)11-6-2-1-3-7-11/h1-9,14-15H,10H2,(H,18,22)(H,19,21). The predicted molar refractivity (Wildman–Crippen MR) is 83.9 cm³/mol. The molecule has 0 spiro atoms. The summed E-state index contributed by atoms with van der Waals surface area (Å²) >= 11 is 0. The molecule has 1 fully saturated rings. The van der Waals surface area contributed by atoms with Gasteiger partial charge in [0.1, 0.15) is 0 Å². The second-order valence-corrected chi connectivity index (χ2v) is 5.51. The molecular formula is C17H15N3O2. The molecule has 2 atom stereocenters. The molecule has 1 saturated heterocycles. The molecule has 2 heterocycles. The summed E-state index contributed by atoms with van der Waals surface area (Å²) in [6, 6.07) is 16.7. The van der Waals surface area contributed by atoms with Crippen LogP contribution in [0.2, 0.25) is 0 Å². The Bertz CT molecular complexity index is 745. The maximum absolute atomic E-state index is 12.4. The van der Waals surface area contributed by atoms with Gasteiger partial charge in [-0.15, -0.1) is 0 Å². The zero-order valence-corrected chi connectivity index (χ0v) is 11.8. The van der Waals surface area contributed by atoms with E-state index in [9.17, 15) is 9.59 Å². The van der Waals surface area contributed by atoms with Gasteiger partial charge in [0.15, 0.2) is 0 Å². The van der Waals surface area contributed by atoms with E-state index in [-0.39, 0.29) is 23.9 Å². The van der Waals surface area contributed by atoms with Crippen LogP contribution >= 0.6 is 0 Å². The average molecular weight is 293 g/mol. The topological polar surface area (TPSA) is 61.4 Å². The fraction of sp³-hybridized carbons (Fsp3) is 0.176. The van der Waals surface area contributed by atoms with Crippen LogP contribution in [0.3, 0.4) is 0 Å². The summed E-state index contributed by atoms with van der Waals surface area (Å²) in [6.45, 7) is 0.458. The minimum absolute atomic E-state index is 0.0522. The second-order valence-electron chi connectivity index (χ2n) is 5.51. The average Bonchev–Trinajstić information content (AvgIpc) is 3.07. The van der Waals surface area contributed by atoms with Gasteiger partial charge in [-0.25, -0.2) is 4.79 Å². The first-order valence-corrected chi connectivity index (χ1v) is 7.27. The smallest absolute Gasteiger partial charge is 0.322 e. The van der Waals surface area contributed by atoms with Gasteiger partial charge < -0.3 is 10.6 Å². The fourth-order valence-electron chi connectivity index (χ4n) is 3.30. The molecule has 2 aromatic rings. The molecule has 4 rings (SSSR count). The number of rotatable bonds is 2. The van der Waals surface area contributed by atoms with Crippen molar-refractivity contribution in [3.8, 4) is 0 Å². The Morgan fingerprint density at radius 2 is 1.68 bits per heavy atom. The number of benzene rings is 2. The highest BCUT2D eigenvalue weighted by Crippen LogP contribution is 2.38. The van der Waals surface area contributed by atoms with Crippen LogP contribution in [-0.2, 0) is 4.79 Å². The predicted octanol–water partition coefficient (Wildman–Crippen LogP) is 2.32. The van der Waals surface area contributed by atoms with E-state index >= 15 is 0 Å². The molecule has 5 heteroatoms. The van der Waals surface area contributed by atoms with Crippen LogP contribution in [0, 0.1) is 0 Å². The third-order valence-corrected chi connectivity index (χ3v) is 4.27. The van der Waals surface area contributed by atoms with Crippen molar-refractivity contribution in [1.29, 1.82) is 0 Å². The lowest BCUT2D eigenvalue weighted by molar-refractivity contribution is -0.117. The van der Waals surface area contributed by atoms with E-state index in [0.717, 1.165) is 16.9 Å². The zero-order chi connectivity index (χ0) is 15.1. The van der Waals surface area contributed by atoms with Crippen molar-refractivity contribution in [3.05, 3.63) is 60.2 Å². The highest BCUT2D eigenvalue weighted by atomic mass is 16.2. The lowest BCUT2D eigenvalue weighted by atomic mass is 9.92. The first-order chi connectivity index (χ1) is 10.8. The Labute approximate surface area is 127 Å². The Balaban J connectivity index is 1.76. The SMILES string of the molecule is O=C1Nc2ccccc2C1C1CNC(=O)N1c1ccccc1. The molecule has 2 aliphatic heterocycles. The van der Waals surface area contributed by atoms with Crippen molar-refractivity contribution in [2.24, 2.45) is 0 Å². The third-order valence-electron chi connectivity index (χ3n) is 4.27. The van der Waals surface area contributed by atoms with Crippen LogP contribution in [0.5, 0.6) is 0 Å². The van der Waals surface area contributed by atoms with Gasteiger partial charge in [-0.1, -0.05) is 36.4 Å². The molecule has 0 saturated carbocycles. The molecule has 0 aromatic heterocycles. The molecule has 22 heavy (non-hydrogen) atoms. The first-order valence-electron chi connectivity index (χ1n) is 7.27. The van der Waals surface area contributed by atoms with Crippen LogP contribution in [0.4, 0.5) is 16.2 Å². The fourth-order valence-corrected chi connectivity index (χ4v) is 3.30. The van der Waals surface area contributed by atoms with E-state index in [1.54, 1.807) is 4.90 Å². The van der Waals surface area contributed by atoms with E-state index in [0.29, 0.717) is 6.54 Å². The van der Waals surface area contributed by atoms with E-state index in [1.165, 1.54) is 0 Å². The number of fused-ring (bicyclic) bond motifs is 1. The normalized spacial score (nSPS) is 23.2. The Hall–Kier alpha value is -2.82. The Morgan fingerprint density at radius 3 is 2.50 bits per heavy atom. The van der Waals surface area contributed by atoms with Gasteiger partial charge in [0, 0.05) is 17.9 Å². The Morgan fingerprint density at radius 1 is 0.955 bits per heavy atom. The van der Waals surface area contributed by atoms with Crippen molar-refractivity contribution >= 4 is 23.3 Å². The molecule has 2 aliphatic rings. The van der Waals surface area contributed by atoms with Gasteiger partial charge in [-0.2, -0.15) is 0 Å². The van der Waals surface area contributed by atoms with Crippen LogP contribution < -0.4 is 15.5 Å². The van der Waals surface area contributed by atoms with Crippen LogP contribution in [0.25, 0.3) is 0 Å². The Kier molecular flexibility index (Phi) is 2.85. The quantitative estimate of drug-likeness (QED) is 0.892. The minimum atomic E-state index is -0.352. The molecular weight excluding hydrogens is 278 g/mol. The summed E-state index contributed by atoms with van der Waals surface area (Å²) in [4.78, 5) is 26.4. The van der Waals surface area contributed by atoms with Crippen LogP contribution in [-0.4, -0.2) is 24.5 Å². The summed E-state index contributed by atoms with van der Waals surface area (Å²) in [7, 11) is 0. The van der Waals surface area contributed by atoms with E-state index < -0.39 is 0 Å². The van der Waals surface area contributed by atoms with E-state index in [1.807, 2.05) is 54.6 Å². The number of urea groups is 1. The minimum Gasteiger partial charge on any atom is -0.336 e. The molecule has 0 aliphatic carbocycles.